The van der Waals surface area contributed by atoms with Crippen molar-refractivity contribution in [1.29, 1.82) is 0 Å². The van der Waals surface area contributed by atoms with Crippen LogP contribution in [0.3, 0.4) is 0 Å². The number of benzene rings is 8. The summed E-state index contributed by atoms with van der Waals surface area (Å²) in [6.07, 6.45) is 0. The van der Waals surface area contributed by atoms with E-state index in [1.54, 1.807) is 0 Å². The summed E-state index contributed by atoms with van der Waals surface area (Å²) in [5, 5.41) is 7.76. The molecule has 8 aromatic carbocycles. The third kappa shape index (κ3) is 3.44. The molecule has 0 aliphatic heterocycles. The highest BCUT2D eigenvalue weighted by Gasteiger charge is 2.23. The van der Waals surface area contributed by atoms with Crippen molar-refractivity contribution in [3.63, 3.8) is 0 Å². The van der Waals surface area contributed by atoms with Gasteiger partial charge in [-0.25, -0.2) is 0 Å². The van der Waals surface area contributed by atoms with E-state index in [9.17, 15) is 0 Å². The van der Waals surface area contributed by atoms with Gasteiger partial charge in [-0.3, -0.25) is 0 Å². The van der Waals surface area contributed by atoms with Crippen LogP contribution < -0.4 is 0 Å². The van der Waals surface area contributed by atoms with Gasteiger partial charge in [0.15, 0.2) is 0 Å². The fourth-order valence-corrected chi connectivity index (χ4v) is 7.82. The SMILES string of the molecule is c1ccc(-n2c3ccccc3c3ccc(-c4ccc(-c5ccc6c7c(cccc57)-c5ccccc5-6)c5ccccc45)cc32)cc1. The van der Waals surface area contributed by atoms with Gasteiger partial charge in [0.25, 0.3) is 0 Å². The van der Waals surface area contributed by atoms with Crippen molar-refractivity contribution >= 4 is 43.4 Å². The molecule has 10 rings (SSSR count). The van der Waals surface area contributed by atoms with Gasteiger partial charge in [0.05, 0.1) is 11.0 Å². The predicted octanol–water partition coefficient (Wildman–Crippen LogP) is 12.1. The molecular formula is C44H27N. The molecule has 1 aliphatic rings. The van der Waals surface area contributed by atoms with Crippen molar-refractivity contribution in [1.82, 2.24) is 4.57 Å². The third-order valence-electron chi connectivity index (χ3n) is 9.76. The van der Waals surface area contributed by atoms with Crippen molar-refractivity contribution < 1.29 is 0 Å². The number of aromatic nitrogens is 1. The number of hydrogen-bond donors (Lipinski definition) is 0. The first-order valence-corrected chi connectivity index (χ1v) is 15.6. The van der Waals surface area contributed by atoms with E-state index in [1.165, 1.54) is 93.5 Å². The van der Waals surface area contributed by atoms with Crippen molar-refractivity contribution in [3.8, 4) is 50.2 Å². The first-order chi connectivity index (χ1) is 22.3. The molecule has 1 nitrogen and oxygen atoms in total. The second-order valence-corrected chi connectivity index (χ2v) is 12.1. The molecule has 0 radical (unpaired) electrons. The maximum Gasteiger partial charge on any atom is 0.0547 e. The van der Waals surface area contributed by atoms with Crippen LogP contribution in [0.4, 0.5) is 0 Å². The molecule has 1 aromatic heterocycles. The zero-order chi connectivity index (χ0) is 29.5. The lowest BCUT2D eigenvalue weighted by Gasteiger charge is -2.15. The van der Waals surface area contributed by atoms with E-state index >= 15 is 0 Å². The van der Waals surface area contributed by atoms with E-state index in [4.69, 9.17) is 0 Å². The van der Waals surface area contributed by atoms with Gasteiger partial charge in [0.1, 0.15) is 0 Å². The number of rotatable bonds is 3. The number of nitrogens with zero attached hydrogens (tertiary/aromatic N) is 1. The molecule has 0 N–H and O–H groups in total. The zero-order valence-electron chi connectivity index (χ0n) is 24.5. The first kappa shape index (κ1) is 24.5. The topological polar surface area (TPSA) is 4.93 Å². The van der Waals surface area contributed by atoms with E-state index in [0.29, 0.717) is 0 Å². The second kappa shape index (κ2) is 9.29. The molecule has 45 heavy (non-hydrogen) atoms. The minimum absolute atomic E-state index is 1.18. The van der Waals surface area contributed by atoms with Crippen LogP contribution in [0.1, 0.15) is 0 Å². The lowest BCUT2D eigenvalue weighted by molar-refractivity contribution is 1.18. The fourth-order valence-electron chi connectivity index (χ4n) is 7.82. The van der Waals surface area contributed by atoms with Crippen LogP contribution in [0.2, 0.25) is 0 Å². The molecule has 0 saturated carbocycles. The molecule has 1 heterocycles. The third-order valence-corrected chi connectivity index (χ3v) is 9.76. The van der Waals surface area contributed by atoms with Gasteiger partial charge in [-0.2, -0.15) is 0 Å². The van der Waals surface area contributed by atoms with Crippen molar-refractivity contribution in [3.05, 3.63) is 164 Å². The Kier molecular flexibility index (Phi) is 5.06. The van der Waals surface area contributed by atoms with Crippen molar-refractivity contribution in [2.75, 3.05) is 0 Å². The Hall–Kier alpha value is -5.92. The quantitative estimate of drug-likeness (QED) is 0.199. The van der Waals surface area contributed by atoms with E-state index in [1.807, 2.05) is 0 Å². The van der Waals surface area contributed by atoms with Gasteiger partial charge in [-0.05, 0) is 90.3 Å². The summed E-state index contributed by atoms with van der Waals surface area (Å²) in [6.45, 7) is 0. The molecule has 1 heteroatoms. The lowest BCUT2D eigenvalue weighted by Crippen LogP contribution is -1.93. The highest BCUT2D eigenvalue weighted by molar-refractivity contribution is 6.20. The number of hydrogen-bond acceptors (Lipinski definition) is 0. The molecule has 0 atom stereocenters. The largest absolute Gasteiger partial charge is 0.309 e. The average Bonchev–Trinajstić information content (AvgIpc) is 3.62. The molecule has 0 fully saturated rings. The van der Waals surface area contributed by atoms with Crippen LogP contribution in [0.5, 0.6) is 0 Å². The minimum atomic E-state index is 1.18. The minimum Gasteiger partial charge on any atom is -0.309 e. The zero-order valence-corrected chi connectivity index (χ0v) is 24.5. The molecular weight excluding hydrogens is 542 g/mol. The van der Waals surface area contributed by atoms with E-state index in [0.717, 1.165) is 0 Å². The summed E-state index contributed by atoms with van der Waals surface area (Å²) in [6, 6.07) is 60.2. The Balaban J connectivity index is 1.20. The van der Waals surface area contributed by atoms with Gasteiger partial charge in [-0.1, -0.05) is 140 Å². The Bertz CT molecular complexity index is 2610. The van der Waals surface area contributed by atoms with E-state index < -0.39 is 0 Å². The summed E-state index contributed by atoms with van der Waals surface area (Å²) in [5.74, 6) is 0. The molecule has 9 aromatic rings. The van der Waals surface area contributed by atoms with Crippen LogP contribution >= 0.6 is 0 Å². The normalized spacial score (nSPS) is 12.0. The van der Waals surface area contributed by atoms with Crippen LogP contribution in [0, 0.1) is 0 Å². The number of para-hydroxylation sites is 2. The molecule has 208 valence electrons. The Morgan fingerprint density at radius 1 is 0.289 bits per heavy atom. The number of fused-ring (bicyclic) bond motifs is 7. The highest BCUT2D eigenvalue weighted by atomic mass is 15.0. The Labute approximate surface area is 261 Å². The van der Waals surface area contributed by atoms with Gasteiger partial charge in [0, 0.05) is 16.5 Å². The van der Waals surface area contributed by atoms with Gasteiger partial charge < -0.3 is 4.57 Å². The van der Waals surface area contributed by atoms with Crippen LogP contribution in [0.15, 0.2) is 164 Å². The molecule has 0 amide bonds. The highest BCUT2D eigenvalue weighted by Crippen LogP contribution is 2.50. The second-order valence-electron chi connectivity index (χ2n) is 12.1. The fraction of sp³-hybridized carbons (Fsp3) is 0. The predicted molar refractivity (Wildman–Crippen MR) is 191 cm³/mol. The molecule has 0 bridgehead atoms. The van der Waals surface area contributed by atoms with Crippen LogP contribution in [-0.4, -0.2) is 4.57 Å². The molecule has 0 spiro atoms. The van der Waals surface area contributed by atoms with Crippen molar-refractivity contribution in [2.24, 2.45) is 0 Å². The molecule has 0 saturated heterocycles. The van der Waals surface area contributed by atoms with Crippen LogP contribution in [-0.2, 0) is 0 Å². The lowest BCUT2D eigenvalue weighted by atomic mass is 9.88. The molecule has 0 unspecified atom stereocenters. The average molecular weight is 570 g/mol. The summed E-state index contributed by atoms with van der Waals surface area (Å²) >= 11 is 0. The van der Waals surface area contributed by atoms with E-state index in [-0.39, 0.29) is 0 Å². The van der Waals surface area contributed by atoms with Gasteiger partial charge in [0.2, 0.25) is 0 Å². The summed E-state index contributed by atoms with van der Waals surface area (Å²) < 4.78 is 2.40. The maximum atomic E-state index is 2.40. The van der Waals surface area contributed by atoms with Crippen LogP contribution in [0.25, 0.3) is 93.5 Å². The summed E-state index contributed by atoms with van der Waals surface area (Å²) in [5.41, 5.74) is 14.0. The van der Waals surface area contributed by atoms with Crippen molar-refractivity contribution in [2.45, 2.75) is 0 Å². The van der Waals surface area contributed by atoms with E-state index in [2.05, 4.69) is 168 Å². The standard InChI is InChI=1S/C44H27N/c1-2-11-29(12-3-1)45-42-20-9-8-17-37(42)38-22-21-28(27-43(38)45)30-23-24-35(32-14-5-4-13-31(30)32)36-25-26-41-34-16-7-6-15-33(34)39-18-10-19-40(36)44(39)41/h1-27H. The summed E-state index contributed by atoms with van der Waals surface area (Å²) in [4.78, 5) is 0. The Morgan fingerprint density at radius 2 is 0.822 bits per heavy atom. The maximum absolute atomic E-state index is 2.40. The first-order valence-electron chi connectivity index (χ1n) is 15.6. The molecule has 1 aliphatic carbocycles. The Morgan fingerprint density at radius 3 is 1.62 bits per heavy atom. The van der Waals surface area contributed by atoms with Gasteiger partial charge in [-0.15, -0.1) is 0 Å². The van der Waals surface area contributed by atoms with Gasteiger partial charge >= 0.3 is 0 Å². The monoisotopic (exact) mass is 569 g/mol. The smallest absolute Gasteiger partial charge is 0.0547 e. The summed E-state index contributed by atoms with van der Waals surface area (Å²) in [7, 11) is 0.